The van der Waals surface area contributed by atoms with Gasteiger partial charge in [0.25, 0.3) is 0 Å². The molecule has 79 valence electrons. The Hall–Kier alpha value is 0.320. The molecule has 0 N–H and O–H groups in total. The van der Waals surface area contributed by atoms with Gasteiger partial charge in [0.05, 0.1) is 0 Å². The molecule has 0 bridgehead atoms. The molecule has 2 aliphatic rings. The molecule has 0 saturated carbocycles. The van der Waals surface area contributed by atoms with Crippen molar-refractivity contribution in [3.8, 4) is 0 Å². The lowest BCUT2D eigenvalue weighted by Crippen LogP contribution is -3.00. The summed E-state index contributed by atoms with van der Waals surface area (Å²) < 4.78 is 0.531. The van der Waals surface area contributed by atoms with Crippen LogP contribution in [0.1, 0.15) is 5.56 Å². The summed E-state index contributed by atoms with van der Waals surface area (Å²) in [5.41, 5.74) is 2.89. The average Bonchev–Trinajstić information content (AvgIpc) is 2.75. The number of para-hydroxylation sites is 1. The maximum absolute atomic E-state index is 3.49. The number of anilines is 1. The summed E-state index contributed by atoms with van der Waals surface area (Å²) in [4.78, 5) is 2.49. The third-order valence-corrected chi connectivity index (χ3v) is 5.09. The van der Waals surface area contributed by atoms with Gasteiger partial charge in [0.2, 0.25) is 6.04 Å². The number of halogens is 1. The molecular weight excluding hydrogens is 337 g/mol. The zero-order valence-electron chi connectivity index (χ0n) is 8.31. The molecule has 2 heterocycles. The SMILES string of the molecule is CSC1S[C+][C@H]2Cc3ccccc3N12.[I-]. The Morgan fingerprint density at radius 2 is 2.27 bits per heavy atom. The largest absolute Gasteiger partial charge is 1.00 e. The molecule has 2 aliphatic heterocycles. The van der Waals surface area contributed by atoms with E-state index in [4.69, 9.17) is 0 Å². The molecule has 1 aromatic carbocycles. The van der Waals surface area contributed by atoms with E-state index < -0.39 is 0 Å². The van der Waals surface area contributed by atoms with Gasteiger partial charge in [-0.05, 0) is 17.9 Å². The molecule has 0 aliphatic carbocycles. The zero-order valence-corrected chi connectivity index (χ0v) is 12.1. The Bertz CT molecular complexity index is 356. The quantitative estimate of drug-likeness (QED) is 0.514. The van der Waals surface area contributed by atoms with Crippen LogP contribution in [-0.2, 0) is 6.42 Å². The second kappa shape index (κ2) is 4.67. The van der Waals surface area contributed by atoms with Gasteiger partial charge in [-0.1, -0.05) is 18.2 Å². The summed E-state index contributed by atoms with van der Waals surface area (Å²) in [7, 11) is 0. The monoisotopic (exact) mass is 348 g/mol. The van der Waals surface area contributed by atoms with Gasteiger partial charge in [-0.25, -0.2) is 0 Å². The fourth-order valence-electron chi connectivity index (χ4n) is 2.12. The number of rotatable bonds is 1. The Kier molecular flexibility index (Phi) is 3.67. The van der Waals surface area contributed by atoms with Crippen LogP contribution in [-0.4, -0.2) is 17.0 Å². The molecule has 1 fully saturated rings. The van der Waals surface area contributed by atoms with E-state index in [9.17, 15) is 0 Å². The highest BCUT2D eigenvalue weighted by Gasteiger charge is 2.51. The third kappa shape index (κ3) is 1.85. The summed E-state index contributed by atoms with van der Waals surface area (Å²) in [6, 6.07) is 9.22. The van der Waals surface area contributed by atoms with E-state index >= 15 is 0 Å². The minimum atomic E-state index is 0. The van der Waals surface area contributed by atoms with Gasteiger partial charge < -0.3 is 28.9 Å². The smallest absolute Gasteiger partial charge is 0.382 e. The van der Waals surface area contributed by atoms with Crippen molar-refractivity contribution in [2.24, 2.45) is 0 Å². The van der Waals surface area contributed by atoms with Gasteiger partial charge >= 0.3 is 5.75 Å². The number of nitrogens with zero attached hydrogens (tertiary/aromatic N) is 1. The van der Waals surface area contributed by atoms with Crippen molar-refractivity contribution in [3.05, 3.63) is 35.6 Å². The lowest BCUT2D eigenvalue weighted by molar-refractivity contribution is -0.00000265. The van der Waals surface area contributed by atoms with Gasteiger partial charge in [-0.15, -0.1) is 11.8 Å². The van der Waals surface area contributed by atoms with Crippen molar-refractivity contribution < 1.29 is 24.0 Å². The number of benzene rings is 1. The second-order valence-electron chi connectivity index (χ2n) is 3.53. The van der Waals surface area contributed by atoms with Crippen molar-refractivity contribution >= 4 is 29.2 Å². The summed E-state index contributed by atoms with van der Waals surface area (Å²) in [5.74, 6) is 3.49. The molecule has 1 radical (unpaired) electrons. The average molecular weight is 348 g/mol. The summed E-state index contributed by atoms with van der Waals surface area (Å²) >= 11 is 3.74. The summed E-state index contributed by atoms with van der Waals surface area (Å²) in [6.45, 7) is 0. The topological polar surface area (TPSA) is 3.24 Å². The highest BCUT2D eigenvalue weighted by atomic mass is 127. The van der Waals surface area contributed by atoms with E-state index in [0.717, 1.165) is 6.42 Å². The van der Waals surface area contributed by atoms with E-state index in [2.05, 4.69) is 41.2 Å². The van der Waals surface area contributed by atoms with Crippen LogP contribution in [0.2, 0.25) is 0 Å². The molecule has 0 amide bonds. The molecule has 3 rings (SSSR count). The van der Waals surface area contributed by atoms with Crippen LogP contribution >= 0.6 is 23.5 Å². The lowest BCUT2D eigenvalue weighted by atomic mass is 10.1. The summed E-state index contributed by atoms with van der Waals surface area (Å²) in [6.07, 6.45) is 3.31. The molecule has 0 spiro atoms. The molecule has 1 unspecified atom stereocenters. The van der Waals surface area contributed by atoms with E-state index in [-0.39, 0.29) is 24.0 Å². The van der Waals surface area contributed by atoms with Crippen LogP contribution in [0.25, 0.3) is 0 Å². The first kappa shape index (κ1) is 11.8. The third-order valence-electron chi connectivity index (χ3n) is 2.75. The van der Waals surface area contributed by atoms with Gasteiger partial charge in [0.15, 0.2) is 16.5 Å². The Labute approximate surface area is 116 Å². The highest BCUT2D eigenvalue weighted by molar-refractivity contribution is 8.18. The van der Waals surface area contributed by atoms with E-state index in [1.54, 1.807) is 0 Å². The maximum atomic E-state index is 3.49. The van der Waals surface area contributed by atoms with Crippen LogP contribution in [0.5, 0.6) is 0 Å². The van der Waals surface area contributed by atoms with E-state index in [1.165, 1.54) is 11.3 Å². The molecule has 1 nitrogen and oxygen atoms in total. The van der Waals surface area contributed by atoms with Crippen molar-refractivity contribution in [2.75, 3.05) is 11.2 Å². The number of fused-ring (bicyclic) bond motifs is 3. The second-order valence-corrected chi connectivity index (χ2v) is 5.67. The van der Waals surface area contributed by atoms with Crippen LogP contribution in [0, 0.1) is 5.75 Å². The first-order valence-corrected chi connectivity index (χ1v) is 6.87. The number of thioether (sulfide) groups is 2. The Morgan fingerprint density at radius 1 is 1.47 bits per heavy atom. The minimum Gasteiger partial charge on any atom is -1.00 e. The van der Waals surface area contributed by atoms with Gasteiger partial charge in [-0.2, -0.15) is 0 Å². The lowest BCUT2D eigenvalue weighted by Gasteiger charge is -2.18. The van der Waals surface area contributed by atoms with Crippen LogP contribution in [0.15, 0.2) is 24.3 Å². The minimum absolute atomic E-state index is 0. The molecule has 0 aromatic heterocycles. The molecule has 1 saturated heterocycles. The zero-order chi connectivity index (χ0) is 9.54. The fraction of sp³-hybridized carbons (Fsp3) is 0.364. The summed E-state index contributed by atoms with van der Waals surface area (Å²) in [5, 5.41) is 0. The molecule has 1 aromatic rings. The van der Waals surface area contributed by atoms with E-state index in [1.807, 2.05) is 23.5 Å². The molecular formula is C11H11INS2. The predicted octanol–water partition coefficient (Wildman–Crippen LogP) is -0.146. The molecule has 15 heavy (non-hydrogen) atoms. The van der Waals surface area contributed by atoms with Crippen LogP contribution in [0.3, 0.4) is 0 Å². The van der Waals surface area contributed by atoms with E-state index in [0.29, 0.717) is 10.7 Å². The number of hydrogen-bond donors (Lipinski definition) is 0. The molecule has 4 heteroatoms. The van der Waals surface area contributed by atoms with Gasteiger partial charge in [0.1, 0.15) is 0 Å². The number of hydrogen-bond acceptors (Lipinski definition) is 3. The first-order chi connectivity index (χ1) is 6.90. The Balaban J connectivity index is 0.000000853. The van der Waals surface area contributed by atoms with Crippen LogP contribution in [0.4, 0.5) is 5.69 Å². The first-order valence-electron chi connectivity index (χ1n) is 4.70. The molecule has 2 atom stereocenters. The highest BCUT2D eigenvalue weighted by Crippen LogP contribution is 2.47. The van der Waals surface area contributed by atoms with Crippen molar-refractivity contribution in [2.45, 2.75) is 17.2 Å². The normalized spacial score (nSPS) is 26.6. The van der Waals surface area contributed by atoms with Crippen molar-refractivity contribution in [1.29, 1.82) is 0 Å². The fourth-order valence-corrected chi connectivity index (χ4v) is 4.01. The van der Waals surface area contributed by atoms with Crippen LogP contribution < -0.4 is 28.9 Å². The Morgan fingerprint density at radius 3 is 3.07 bits per heavy atom. The predicted molar refractivity (Wildman–Crippen MR) is 64.6 cm³/mol. The van der Waals surface area contributed by atoms with Gasteiger partial charge in [0, 0.05) is 12.1 Å². The van der Waals surface area contributed by atoms with Crippen molar-refractivity contribution in [1.82, 2.24) is 0 Å². The van der Waals surface area contributed by atoms with Crippen molar-refractivity contribution in [3.63, 3.8) is 0 Å². The standard InChI is InChI=1S/C11H11NS2.HI/c1-13-11-12-9(7-14-11)6-8-4-2-3-5-10(8)12;/h2-5,9,11H,6H2,1H3;1H/q+1;/p-1/t9-,11?;/m1./s1. The van der Waals surface area contributed by atoms with Gasteiger partial charge in [-0.3, -0.25) is 0 Å². The maximum Gasteiger partial charge on any atom is 0.382 e.